The summed E-state index contributed by atoms with van der Waals surface area (Å²) in [4.78, 5) is 11.7. The van der Waals surface area contributed by atoms with Gasteiger partial charge in [-0.15, -0.1) is 0 Å². The van der Waals surface area contributed by atoms with E-state index in [1.807, 2.05) is 6.92 Å². The van der Waals surface area contributed by atoms with Crippen LogP contribution in [0.3, 0.4) is 0 Å². The van der Waals surface area contributed by atoms with Crippen LogP contribution < -0.4 is 0 Å². The fourth-order valence-electron chi connectivity index (χ4n) is 2.31. The zero-order valence-corrected chi connectivity index (χ0v) is 11.7. The van der Waals surface area contributed by atoms with Gasteiger partial charge in [-0.2, -0.15) is 0 Å². The fourth-order valence-corrected chi connectivity index (χ4v) is 2.31. The molecule has 2 aliphatic heterocycles. The maximum absolute atomic E-state index is 11.7. The molecule has 0 bridgehead atoms. The van der Waals surface area contributed by atoms with Crippen LogP contribution in [-0.2, 0) is 33.2 Å². The van der Waals surface area contributed by atoms with Crippen molar-refractivity contribution < 1.29 is 38.3 Å². The Morgan fingerprint density at radius 1 is 1.20 bits per heavy atom. The van der Waals surface area contributed by atoms with Gasteiger partial charge in [0.1, 0.15) is 18.3 Å². The van der Waals surface area contributed by atoms with Gasteiger partial charge in [0.15, 0.2) is 18.7 Å². The summed E-state index contributed by atoms with van der Waals surface area (Å²) in [5.74, 6) is -0.602. The van der Waals surface area contributed by atoms with Gasteiger partial charge in [-0.1, -0.05) is 0 Å². The first-order valence-corrected chi connectivity index (χ1v) is 6.45. The summed E-state index contributed by atoms with van der Waals surface area (Å²) in [6.45, 7) is 2.57. The molecule has 20 heavy (non-hydrogen) atoms. The van der Waals surface area contributed by atoms with Crippen molar-refractivity contribution in [3.05, 3.63) is 0 Å². The molecule has 1 unspecified atom stereocenters. The van der Waals surface area contributed by atoms with Crippen LogP contribution in [0.25, 0.3) is 0 Å². The van der Waals surface area contributed by atoms with Crippen LogP contribution in [-0.4, -0.2) is 75.5 Å². The molecule has 116 valence electrons. The number of aliphatic hydroxyl groups is 1. The first-order valence-electron chi connectivity index (χ1n) is 6.45. The highest BCUT2D eigenvalue weighted by Crippen LogP contribution is 2.33. The molecule has 2 heterocycles. The van der Waals surface area contributed by atoms with Gasteiger partial charge in [0.25, 0.3) is 0 Å². The minimum Gasteiger partial charge on any atom is -0.467 e. The normalized spacial score (nSPS) is 40.4. The molecule has 2 fully saturated rings. The lowest BCUT2D eigenvalue weighted by molar-refractivity contribution is -0.269. The lowest BCUT2D eigenvalue weighted by Crippen LogP contribution is -2.59. The van der Waals surface area contributed by atoms with Crippen molar-refractivity contribution in [1.82, 2.24) is 0 Å². The predicted molar refractivity (Wildman–Crippen MR) is 63.7 cm³/mol. The third kappa shape index (κ3) is 2.95. The third-order valence-electron chi connectivity index (χ3n) is 3.26. The van der Waals surface area contributed by atoms with Crippen molar-refractivity contribution in [1.29, 1.82) is 0 Å². The molecule has 0 radical (unpaired) electrons. The quantitative estimate of drug-likeness (QED) is 0.648. The first-order chi connectivity index (χ1) is 9.62. The van der Waals surface area contributed by atoms with E-state index in [0.29, 0.717) is 6.61 Å². The Morgan fingerprint density at radius 2 is 1.90 bits per heavy atom. The summed E-state index contributed by atoms with van der Waals surface area (Å²) in [5, 5.41) is 10.1. The molecular formula is C12H20O8. The standard InChI is InChI=1S/C12H20O8/c1-4-17-5-6-18-8-7(13)12(16-3)20-10(9(8)19-6)11(14)15-2/h6-10,12-13H,4-5H2,1-3H3/t6?,7-,8-,9-,10+,12+/m1/s1. The van der Waals surface area contributed by atoms with Gasteiger partial charge in [-0.25, -0.2) is 4.79 Å². The monoisotopic (exact) mass is 292 g/mol. The van der Waals surface area contributed by atoms with E-state index >= 15 is 0 Å². The van der Waals surface area contributed by atoms with E-state index in [4.69, 9.17) is 23.7 Å². The van der Waals surface area contributed by atoms with Crippen molar-refractivity contribution in [3.63, 3.8) is 0 Å². The molecule has 0 saturated carbocycles. The molecule has 0 spiro atoms. The van der Waals surface area contributed by atoms with E-state index in [1.54, 1.807) is 0 Å². The summed E-state index contributed by atoms with van der Waals surface area (Å²) in [7, 11) is 2.62. The average Bonchev–Trinajstić information content (AvgIpc) is 2.89. The molecule has 2 saturated heterocycles. The zero-order chi connectivity index (χ0) is 14.7. The van der Waals surface area contributed by atoms with Gasteiger partial charge in [-0.3, -0.25) is 0 Å². The first kappa shape index (κ1) is 15.6. The van der Waals surface area contributed by atoms with Crippen molar-refractivity contribution >= 4 is 5.97 Å². The van der Waals surface area contributed by atoms with Crippen LogP contribution in [0.2, 0.25) is 0 Å². The Hall–Kier alpha value is -0.770. The molecule has 0 aromatic rings. The summed E-state index contributed by atoms with van der Waals surface area (Å²) in [5.41, 5.74) is 0. The Bertz CT molecular complexity index is 335. The molecule has 0 aromatic heterocycles. The summed E-state index contributed by atoms with van der Waals surface area (Å²) < 4.78 is 31.4. The molecule has 2 aliphatic rings. The van der Waals surface area contributed by atoms with Gasteiger partial charge < -0.3 is 33.5 Å². The predicted octanol–water partition coefficient (Wildman–Crippen LogP) is -0.962. The van der Waals surface area contributed by atoms with Crippen LogP contribution in [0, 0.1) is 0 Å². The number of hydrogen-bond donors (Lipinski definition) is 1. The van der Waals surface area contributed by atoms with Crippen LogP contribution in [0.5, 0.6) is 0 Å². The smallest absolute Gasteiger partial charge is 0.337 e. The number of aliphatic hydroxyl groups excluding tert-OH is 1. The molecule has 0 amide bonds. The fraction of sp³-hybridized carbons (Fsp3) is 0.917. The van der Waals surface area contributed by atoms with Crippen molar-refractivity contribution in [2.75, 3.05) is 27.4 Å². The molecular weight excluding hydrogens is 272 g/mol. The maximum Gasteiger partial charge on any atom is 0.337 e. The molecule has 0 aliphatic carbocycles. The average molecular weight is 292 g/mol. The van der Waals surface area contributed by atoms with Gasteiger partial charge >= 0.3 is 5.97 Å². The number of fused-ring (bicyclic) bond motifs is 1. The minimum absolute atomic E-state index is 0.210. The van der Waals surface area contributed by atoms with Crippen molar-refractivity contribution in [2.45, 2.75) is 43.9 Å². The highest BCUT2D eigenvalue weighted by atomic mass is 16.8. The molecule has 6 atom stereocenters. The van der Waals surface area contributed by atoms with E-state index in [0.717, 1.165) is 0 Å². The van der Waals surface area contributed by atoms with E-state index in [9.17, 15) is 9.90 Å². The Morgan fingerprint density at radius 3 is 2.50 bits per heavy atom. The Balaban J connectivity index is 2.10. The van der Waals surface area contributed by atoms with Crippen LogP contribution >= 0.6 is 0 Å². The number of ether oxygens (including phenoxy) is 6. The van der Waals surface area contributed by atoms with Crippen molar-refractivity contribution in [2.24, 2.45) is 0 Å². The number of carbonyl (C=O) groups excluding carboxylic acids is 1. The lowest BCUT2D eigenvalue weighted by atomic mass is 9.99. The number of rotatable bonds is 5. The second-order valence-corrected chi connectivity index (χ2v) is 4.46. The second-order valence-electron chi connectivity index (χ2n) is 4.46. The van der Waals surface area contributed by atoms with Crippen LogP contribution in [0.15, 0.2) is 0 Å². The lowest BCUT2D eigenvalue weighted by Gasteiger charge is -2.37. The largest absolute Gasteiger partial charge is 0.467 e. The van der Waals surface area contributed by atoms with Gasteiger partial charge in [0, 0.05) is 13.7 Å². The maximum atomic E-state index is 11.7. The molecule has 0 aromatic carbocycles. The zero-order valence-electron chi connectivity index (χ0n) is 11.7. The minimum atomic E-state index is -1.06. The highest BCUT2D eigenvalue weighted by Gasteiger charge is 2.55. The number of esters is 1. The van der Waals surface area contributed by atoms with Crippen LogP contribution in [0.4, 0.5) is 0 Å². The van der Waals surface area contributed by atoms with E-state index in [-0.39, 0.29) is 6.61 Å². The van der Waals surface area contributed by atoms with E-state index in [2.05, 4.69) is 4.74 Å². The highest BCUT2D eigenvalue weighted by molar-refractivity contribution is 5.75. The molecule has 1 N–H and O–H groups in total. The number of hydrogen-bond acceptors (Lipinski definition) is 8. The van der Waals surface area contributed by atoms with E-state index in [1.165, 1.54) is 14.2 Å². The van der Waals surface area contributed by atoms with Gasteiger partial charge in [0.2, 0.25) is 0 Å². The summed E-state index contributed by atoms with van der Waals surface area (Å²) >= 11 is 0. The SMILES string of the molecule is CCOCC1O[C@@H]2[C@@H](O)[C@@H](OC)O[C@H](C(=O)OC)[C@@H]2O1. The molecule has 2 rings (SSSR count). The number of methoxy groups -OCH3 is 2. The van der Waals surface area contributed by atoms with Gasteiger partial charge in [-0.05, 0) is 6.92 Å². The molecule has 8 heteroatoms. The number of carbonyl (C=O) groups is 1. The summed E-state index contributed by atoms with van der Waals surface area (Å²) in [6, 6.07) is 0. The molecule has 8 nitrogen and oxygen atoms in total. The van der Waals surface area contributed by atoms with E-state index < -0.39 is 43.0 Å². The second kappa shape index (κ2) is 6.79. The van der Waals surface area contributed by atoms with Crippen molar-refractivity contribution in [3.8, 4) is 0 Å². The Labute approximate surface area is 116 Å². The van der Waals surface area contributed by atoms with Crippen LogP contribution in [0.1, 0.15) is 6.92 Å². The third-order valence-corrected chi connectivity index (χ3v) is 3.26. The summed E-state index contributed by atoms with van der Waals surface area (Å²) in [6.07, 6.45) is -5.19. The Kier molecular flexibility index (Phi) is 5.30. The van der Waals surface area contributed by atoms with Gasteiger partial charge in [0.05, 0.1) is 13.7 Å². The topological polar surface area (TPSA) is 92.7 Å².